The monoisotopic (exact) mass is 319 g/mol. The van der Waals surface area contributed by atoms with Gasteiger partial charge in [-0.1, -0.05) is 11.6 Å². The van der Waals surface area contributed by atoms with Crippen molar-refractivity contribution in [3.8, 4) is 0 Å². The van der Waals surface area contributed by atoms with Gasteiger partial charge in [0.05, 0.1) is 12.2 Å². The average Bonchev–Trinajstić information content (AvgIpc) is 2.84. The lowest BCUT2D eigenvalue weighted by Crippen LogP contribution is -2.35. The van der Waals surface area contributed by atoms with Crippen LogP contribution in [0.3, 0.4) is 0 Å². The summed E-state index contributed by atoms with van der Waals surface area (Å²) in [5.41, 5.74) is 0.714. The molecule has 4 nitrogen and oxygen atoms in total. The number of ether oxygens (including phenoxy) is 2. The zero-order chi connectivity index (χ0) is 14.8. The minimum Gasteiger partial charge on any atom is -0.446 e. The number of hydrogen-bond donors (Lipinski definition) is 1. The van der Waals surface area contributed by atoms with Crippen LogP contribution in [0.25, 0.3) is 0 Å². The molecule has 4 aliphatic rings. The molecule has 1 amide bonds. The second-order valence-corrected chi connectivity index (χ2v) is 7.52. The van der Waals surface area contributed by atoms with Crippen molar-refractivity contribution in [2.45, 2.75) is 37.6 Å². The Bertz CT molecular complexity index is 619. The number of epoxide rings is 1. The number of halogens is 1. The van der Waals surface area contributed by atoms with E-state index >= 15 is 0 Å². The highest BCUT2D eigenvalue weighted by molar-refractivity contribution is 6.30. The first-order valence-electron chi connectivity index (χ1n) is 8.08. The first-order chi connectivity index (χ1) is 10.7. The van der Waals surface area contributed by atoms with E-state index in [1.807, 2.05) is 0 Å². The number of rotatable bonds is 2. The minimum atomic E-state index is -0.351. The van der Waals surface area contributed by atoms with E-state index in [0.717, 1.165) is 18.3 Å². The predicted octanol–water partition coefficient (Wildman–Crippen LogP) is 3.70. The van der Waals surface area contributed by atoms with Crippen LogP contribution >= 0.6 is 11.6 Å². The summed E-state index contributed by atoms with van der Waals surface area (Å²) in [6.07, 6.45) is 4.17. The van der Waals surface area contributed by atoms with Gasteiger partial charge >= 0.3 is 6.09 Å². The molecule has 5 heteroatoms. The topological polar surface area (TPSA) is 50.9 Å². The van der Waals surface area contributed by atoms with Crippen LogP contribution in [0.2, 0.25) is 5.02 Å². The molecule has 7 atom stereocenters. The first kappa shape index (κ1) is 13.2. The van der Waals surface area contributed by atoms with Crippen molar-refractivity contribution in [2.24, 2.45) is 23.7 Å². The Labute approximate surface area is 134 Å². The van der Waals surface area contributed by atoms with Crippen LogP contribution in [0, 0.1) is 23.7 Å². The number of carbonyl (C=O) groups is 1. The molecular weight excluding hydrogens is 302 g/mol. The molecule has 0 aromatic heterocycles. The molecule has 1 N–H and O–H groups in total. The summed E-state index contributed by atoms with van der Waals surface area (Å²) < 4.78 is 11.4. The van der Waals surface area contributed by atoms with E-state index in [2.05, 4.69) is 5.32 Å². The van der Waals surface area contributed by atoms with E-state index in [9.17, 15) is 4.79 Å². The van der Waals surface area contributed by atoms with Crippen molar-refractivity contribution in [1.29, 1.82) is 0 Å². The SMILES string of the molecule is O=C(Nc1ccc(Cl)cc1)OC1CC2CC1C1CC3OC3C21. The smallest absolute Gasteiger partial charge is 0.411 e. The van der Waals surface area contributed by atoms with Crippen molar-refractivity contribution in [3.63, 3.8) is 0 Å². The predicted molar refractivity (Wildman–Crippen MR) is 81.8 cm³/mol. The van der Waals surface area contributed by atoms with E-state index in [0.29, 0.717) is 34.8 Å². The lowest BCUT2D eigenvalue weighted by molar-refractivity contribution is 0.0251. The quantitative estimate of drug-likeness (QED) is 0.846. The van der Waals surface area contributed by atoms with Crippen molar-refractivity contribution < 1.29 is 14.3 Å². The maximum atomic E-state index is 12.1. The molecule has 3 saturated carbocycles. The molecule has 1 aromatic carbocycles. The summed E-state index contributed by atoms with van der Waals surface area (Å²) in [6, 6.07) is 7.07. The van der Waals surface area contributed by atoms with Crippen molar-refractivity contribution in [3.05, 3.63) is 29.3 Å². The van der Waals surface area contributed by atoms with Gasteiger partial charge in [0.15, 0.2) is 0 Å². The molecule has 0 radical (unpaired) electrons. The fourth-order valence-electron chi connectivity index (χ4n) is 5.22. The van der Waals surface area contributed by atoms with Crippen LogP contribution in [-0.4, -0.2) is 24.4 Å². The maximum Gasteiger partial charge on any atom is 0.411 e. The van der Waals surface area contributed by atoms with Crippen LogP contribution < -0.4 is 5.32 Å². The van der Waals surface area contributed by atoms with Gasteiger partial charge in [-0.05, 0) is 67.2 Å². The van der Waals surface area contributed by atoms with Crippen molar-refractivity contribution in [1.82, 2.24) is 0 Å². The zero-order valence-electron chi connectivity index (χ0n) is 12.1. The Balaban J connectivity index is 1.22. The first-order valence-corrected chi connectivity index (χ1v) is 8.45. The molecule has 1 heterocycles. The highest BCUT2D eigenvalue weighted by atomic mass is 35.5. The summed E-state index contributed by atoms with van der Waals surface area (Å²) in [6.45, 7) is 0. The number of benzene rings is 1. The summed E-state index contributed by atoms with van der Waals surface area (Å²) >= 11 is 5.84. The van der Waals surface area contributed by atoms with Crippen LogP contribution in [0.1, 0.15) is 19.3 Å². The third-order valence-electron chi connectivity index (χ3n) is 6.03. The zero-order valence-corrected chi connectivity index (χ0v) is 12.8. The summed E-state index contributed by atoms with van der Waals surface area (Å²) in [5.74, 6) is 2.70. The van der Waals surface area contributed by atoms with Gasteiger partial charge in [0.2, 0.25) is 0 Å². The van der Waals surface area contributed by atoms with Crippen molar-refractivity contribution in [2.75, 3.05) is 5.32 Å². The second-order valence-electron chi connectivity index (χ2n) is 7.09. The third-order valence-corrected chi connectivity index (χ3v) is 6.28. The van der Waals surface area contributed by atoms with E-state index in [1.165, 1.54) is 12.8 Å². The molecular formula is C17H18ClNO3. The molecule has 116 valence electrons. The Hall–Kier alpha value is -1.26. The van der Waals surface area contributed by atoms with Gasteiger partial charge in [0.1, 0.15) is 6.10 Å². The fourth-order valence-corrected chi connectivity index (χ4v) is 5.35. The Morgan fingerprint density at radius 1 is 1.18 bits per heavy atom. The standard InChI is InChI=1S/C17H18ClNO3/c18-9-1-3-10(4-2-9)19-17(20)22-13-6-8-5-11(13)12-7-14-16(21-14)15(8)12/h1-4,8,11-16H,5-7H2,(H,19,20). The average molecular weight is 320 g/mol. The number of carbonyl (C=O) groups excluding carboxylic acids is 1. The molecule has 4 fully saturated rings. The fraction of sp³-hybridized carbons (Fsp3) is 0.588. The van der Waals surface area contributed by atoms with Gasteiger partial charge in [-0.25, -0.2) is 4.79 Å². The maximum absolute atomic E-state index is 12.1. The number of fused-ring (bicyclic) bond motifs is 7. The molecule has 5 rings (SSSR count). The molecule has 1 saturated heterocycles. The van der Waals surface area contributed by atoms with Crippen LogP contribution in [0.15, 0.2) is 24.3 Å². The van der Waals surface area contributed by atoms with Gasteiger partial charge < -0.3 is 9.47 Å². The molecule has 7 unspecified atom stereocenters. The summed E-state index contributed by atoms with van der Waals surface area (Å²) in [5, 5.41) is 3.44. The van der Waals surface area contributed by atoms with Crippen LogP contribution in [-0.2, 0) is 9.47 Å². The number of hydrogen-bond acceptors (Lipinski definition) is 3. The lowest BCUT2D eigenvalue weighted by atomic mass is 9.79. The highest BCUT2D eigenvalue weighted by Gasteiger charge is 2.67. The normalized spacial score (nSPS) is 43.6. The van der Waals surface area contributed by atoms with Crippen LogP contribution in [0.5, 0.6) is 0 Å². The molecule has 3 aliphatic carbocycles. The molecule has 2 bridgehead atoms. The van der Waals surface area contributed by atoms with Gasteiger partial charge in [0, 0.05) is 10.7 Å². The number of nitrogens with one attached hydrogen (secondary N) is 1. The van der Waals surface area contributed by atoms with Gasteiger partial charge in [-0.15, -0.1) is 0 Å². The van der Waals surface area contributed by atoms with Crippen molar-refractivity contribution >= 4 is 23.4 Å². The number of amides is 1. The van der Waals surface area contributed by atoms with E-state index < -0.39 is 0 Å². The third kappa shape index (κ3) is 1.97. The summed E-state index contributed by atoms with van der Waals surface area (Å²) in [7, 11) is 0. The second kappa shape index (κ2) is 4.62. The minimum absolute atomic E-state index is 0.0797. The Morgan fingerprint density at radius 3 is 2.82 bits per heavy atom. The molecule has 1 aromatic rings. The molecule has 22 heavy (non-hydrogen) atoms. The van der Waals surface area contributed by atoms with E-state index in [4.69, 9.17) is 21.1 Å². The Kier molecular flexibility index (Phi) is 2.77. The highest BCUT2D eigenvalue weighted by Crippen LogP contribution is 2.64. The summed E-state index contributed by atoms with van der Waals surface area (Å²) in [4.78, 5) is 12.1. The molecule has 1 aliphatic heterocycles. The van der Waals surface area contributed by atoms with Gasteiger partial charge in [-0.3, -0.25) is 5.32 Å². The largest absolute Gasteiger partial charge is 0.446 e. The van der Waals surface area contributed by atoms with E-state index in [1.54, 1.807) is 24.3 Å². The van der Waals surface area contributed by atoms with Gasteiger partial charge in [-0.2, -0.15) is 0 Å². The van der Waals surface area contributed by atoms with Crippen LogP contribution in [0.4, 0.5) is 10.5 Å². The van der Waals surface area contributed by atoms with E-state index in [-0.39, 0.29) is 12.2 Å². The van der Waals surface area contributed by atoms with Gasteiger partial charge in [0.25, 0.3) is 0 Å². The Morgan fingerprint density at radius 2 is 2.00 bits per heavy atom. The molecule has 0 spiro atoms. The number of anilines is 1. The lowest BCUT2D eigenvalue weighted by Gasteiger charge is -2.32.